The standard InChI is InChI=1S/C16H18F3N3O2/c1-15(2)10-23-8-7-22(15)9-13-20-14(21-24-13)11-3-5-12(6-4-11)16(17,18)19/h3-6H,7-10H2,1-2H3. The van der Waals surface area contributed by atoms with E-state index >= 15 is 0 Å². The van der Waals surface area contributed by atoms with E-state index in [1.165, 1.54) is 12.1 Å². The highest BCUT2D eigenvalue weighted by Crippen LogP contribution is 2.30. The minimum absolute atomic E-state index is 0.138. The van der Waals surface area contributed by atoms with E-state index in [4.69, 9.17) is 9.26 Å². The van der Waals surface area contributed by atoms with Gasteiger partial charge in [-0.25, -0.2) is 0 Å². The third-order valence-corrected chi connectivity index (χ3v) is 4.08. The van der Waals surface area contributed by atoms with Gasteiger partial charge in [0.1, 0.15) is 0 Å². The van der Waals surface area contributed by atoms with Crippen LogP contribution < -0.4 is 0 Å². The highest BCUT2D eigenvalue weighted by atomic mass is 19.4. The van der Waals surface area contributed by atoms with Crippen molar-refractivity contribution in [2.75, 3.05) is 19.8 Å². The van der Waals surface area contributed by atoms with Gasteiger partial charge in [0.2, 0.25) is 11.7 Å². The van der Waals surface area contributed by atoms with Gasteiger partial charge in [0.25, 0.3) is 0 Å². The number of nitrogens with zero attached hydrogens (tertiary/aromatic N) is 3. The van der Waals surface area contributed by atoms with E-state index in [9.17, 15) is 13.2 Å². The van der Waals surface area contributed by atoms with E-state index in [-0.39, 0.29) is 11.4 Å². The molecule has 0 atom stereocenters. The van der Waals surface area contributed by atoms with Crippen molar-refractivity contribution < 1.29 is 22.4 Å². The molecule has 1 saturated heterocycles. The summed E-state index contributed by atoms with van der Waals surface area (Å²) in [4.78, 5) is 6.47. The van der Waals surface area contributed by atoms with Gasteiger partial charge in [-0.15, -0.1) is 0 Å². The SMILES string of the molecule is CC1(C)COCCN1Cc1nc(-c2ccc(C(F)(F)F)cc2)no1. The number of halogens is 3. The van der Waals surface area contributed by atoms with Crippen molar-refractivity contribution in [3.8, 4) is 11.4 Å². The number of hydrogen-bond acceptors (Lipinski definition) is 5. The van der Waals surface area contributed by atoms with Crippen LogP contribution in [0, 0.1) is 0 Å². The summed E-state index contributed by atoms with van der Waals surface area (Å²) in [5.41, 5.74) is -0.356. The molecule has 24 heavy (non-hydrogen) atoms. The lowest BCUT2D eigenvalue weighted by atomic mass is 10.0. The predicted molar refractivity (Wildman–Crippen MR) is 80.0 cm³/mol. The highest BCUT2D eigenvalue weighted by molar-refractivity contribution is 5.54. The molecule has 1 aromatic heterocycles. The second kappa shape index (κ2) is 6.18. The molecule has 0 aliphatic carbocycles. The Bertz CT molecular complexity index is 695. The first-order chi connectivity index (χ1) is 11.3. The molecule has 0 saturated carbocycles. The second-order valence-corrected chi connectivity index (χ2v) is 6.37. The molecule has 0 spiro atoms. The smallest absolute Gasteiger partial charge is 0.378 e. The fourth-order valence-corrected chi connectivity index (χ4v) is 2.59. The minimum atomic E-state index is -4.36. The van der Waals surface area contributed by atoms with Gasteiger partial charge in [0.15, 0.2) is 0 Å². The van der Waals surface area contributed by atoms with Crippen molar-refractivity contribution in [2.45, 2.75) is 32.1 Å². The fraction of sp³-hybridized carbons (Fsp3) is 0.500. The van der Waals surface area contributed by atoms with Crippen molar-refractivity contribution >= 4 is 0 Å². The topological polar surface area (TPSA) is 51.4 Å². The van der Waals surface area contributed by atoms with Gasteiger partial charge in [-0.05, 0) is 26.0 Å². The molecule has 2 heterocycles. The Morgan fingerprint density at radius 2 is 1.92 bits per heavy atom. The van der Waals surface area contributed by atoms with Gasteiger partial charge < -0.3 is 9.26 Å². The van der Waals surface area contributed by atoms with E-state index in [1.807, 2.05) is 0 Å². The van der Waals surface area contributed by atoms with Crippen LogP contribution in [0.25, 0.3) is 11.4 Å². The maximum Gasteiger partial charge on any atom is 0.416 e. The van der Waals surface area contributed by atoms with E-state index < -0.39 is 11.7 Å². The van der Waals surface area contributed by atoms with Crippen LogP contribution in [0.5, 0.6) is 0 Å². The molecule has 2 aromatic rings. The van der Waals surface area contributed by atoms with Gasteiger partial charge in [-0.1, -0.05) is 17.3 Å². The number of hydrogen-bond donors (Lipinski definition) is 0. The Kier molecular flexibility index (Phi) is 4.35. The Morgan fingerprint density at radius 3 is 2.54 bits per heavy atom. The molecule has 0 amide bonds. The lowest BCUT2D eigenvalue weighted by molar-refractivity contribution is -0.137. The van der Waals surface area contributed by atoms with Gasteiger partial charge in [-0.3, -0.25) is 4.90 Å². The van der Waals surface area contributed by atoms with Crippen molar-refractivity contribution in [1.82, 2.24) is 15.0 Å². The first kappa shape index (κ1) is 16.9. The fourth-order valence-electron chi connectivity index (χ4n) is 2.59. The molecule has 1 aliphatic rings. The van der Waals surface area contributed by atoms with Crippen LogP contribution in [0.1, 0.15) is 25.3 Å². The molecule has 1 aromatic carbocycles. The van der Waals surface area contributed by atoms with E-state index in [0.29, 0.717) is 31.2 Å². The molecule has 8 heteroatoms. The molecule has 0 radical (unpaired) electrons. The summed E-state index contributed by atoms with van der Waals surface area (Å²) < 4.78 is 48.5. The largest absolute Gasteiger partial charge is 0.416 e. The molecule has 0 bridgehead atoms. The van der Waals surface area contributed by atoms with Gasteiger partial charge >= 0.3 is 6.18 Å². The monoisotopic (exact) mass is 341 g/mol. The summed E-state index contributed by atoms with van der Waals surface area (Å²) in [5, 5.41) is 3.87. The van der Waals surface area contributed by atoms with Crippen LogP contribution >= 0.6 is 0 Å². The van der Waals surface area contributed by atoms with Gasteiger partial charge in [-0.2, -0.15) is 18.2 Å². The molecule has 0 unspecified atom stereocenters. The zero-order valence-electron chi connectivity index (χ0n) is 13.4. The quantitative estimate of drug-likeness (QED) is 0.857. The third-order valence-electron chi connectivity index (χ3n) is 4.08. The number of alkyl halides is 3. The molecular formula is C16H18F3N3O2. The van der Waals surface area contributed by atoms with Crippen molar-refractivity contribution in [1.29, 1.82) is 0 Å². The summed E-state index contributed by atoms with van der Waals surface area (Å²) in [6.07, 6.45) is -4.36. The normalized spacial score (nSPS) is 18.7. The van der Waals surface area contributed by atoms with Crippen LogP contribution in [0.2, 0.25) is 0 Å². The van der Waals surface area contributed by atoms with Crippen LogP contribution in [0.3, 0.4) is 0 Å². The van der Waals surface area contributed by atoms with E-state index in [2.05, 4.69) is 28.9 Å². The summed E-state index contributed by atoms with van der Waals surface area (Å²) >= 11 is 0. The van der Waals surface area contributed by atoms with Crippen LogP contribution in [0.15, 0.2) is 28.8 Å². The minimum Gasteiger partial charge on any atom is -0.378 e. The average molecular weight is 341 g/mol. The average Bonchev–Trinajstić information content (AvgIpc) is 2.97. The molecular weight excluding hydrogens is 323 g/mol. The first-order valence-corrected chi connectivity index (χ1v) is 7.59. The summed E-state index contributed by atoms with van der Waals surface area (Å²) in [7, 11) is 0. The highest BCUT2D eigenvalue weighted by Gasteiger charge is 2.32. The molecule has 5 nitrogen and oxygen atoms in total. The molecule has 130 valence electrons. The Balaban J connectivity index is 1.73. The maximum absolute atomic E-state index is 12.6. The Morgan fingerprint density at radius 1 is 1.21 bits per heavy atom. The molecule has 0 N–H and O–H groups in total. The lowest BCUT2D eigenvalue weighted by Gasteiger charge is -2.41. The van der Waals surface area contributed by atoms with Crippen LogP contribution in [-0.2, 0) is 17.5 Å². The summed E-state index contributed by atoms with van der Waals surface area (Å²) in [5.74, 6) is 0.713. The first-order valence-electron chi connectivity index (χ1n) is 7.59. The zero-order chi connectivity index (χ0) is 17.4. The van der Waals surface area contributed by atoms with Crippen molar-refractivity contribution in [3.05, 3.63) is 35.7 Å². The zero-order valence-corrected chi connectivity index (χ0v) is 13.4. The molecule has 1 fully saturated rings. The summed E-state index contributed by atoms with van der Waals surface area (Å²) in [6.45, 7) is 6.63. The Labute approximate surface area is 137 Å². The second-order valence-electron chi connectivity index (χ2n) is 6.37. The van der Waals surface area contributed by atoms with E-state index in [0.717, 1.165) is 18.7 Å². The number of aromatic nitrogens is 2. The number of ether oxygens (including phenoxy) is 1. The van der Waals surface area contributed by atoms with Crippen LogP contribution in [-0.4, -0.2) is 40.3 Å². The van der Waals surface area contributed by atoms with Crippen molar-refractivity contribution in [2.24, 2.45) is 0 Å². The predicted octanol–water partition coefficient (Wildman–Crippen LogP) is 3.37. The molecule has 3 rings (SSSR count). The number of benzene rings is 1. The van der Waals surface area contributed by atoms with Gasteiger partial charge in [0, 0.05) is 17.6 Å². The van der Waals surface area contributed by atoms with Crippen LogP contribution in [0.4, 0.5) is 13.2 Å². The summed E-state index contributed by atoms with van der Waals surface area (Å²) in [6, 6.07) is 4.71. The number of morpholine rings is 1. The molecule has 1 aliphatic heterocycles. The van der Waals surface area contributed by atoms with Crippen molar-refractivity contribution in [3.63, 3.8) is 0 Å². The Hall–Kier alpha value is -1.93. The third kappa shape index (κ3) is 3.59. The van der Waals surface area contributed by atoms with E-state index in [1.54, 1.807) is 0 Å². The lowest BCUT2D eigenvalue weighted by Crippen LogP contribution is -2.52. The van der Waals surface area contributed by atoms with Gasteiger partial charge in [0.05, 0.1) is 25.3 Å². The maximum atomic E-state index is 12.6. The number of rotatable bonds is 3.